The molecule has 1 heterocycles. The molecule has 138 valence electrons. The smallest absolute Gasteiger partial charge is 0.314 e. The highest BCUT2D eigenvalue weighted by Crippen LogP contribution is 2.24. The van der Waals surface area contributed by atoms with Crippen LogP contribution in [-0.4, -0.2) is 35.8 Å². The summed E-state index contributed by atoms with van der Waals surface area (Å²) in [5.74, 6) is 0.371. The van der Waals surface area contributed by atoms with E-state index in [2.05, 4.69) is 9.97 Å². The molecule has 7 nitrogen and oxygen atoms in total. The number of aromatic amines is 2. The number of hydrogen-bond acceptors (Lipinski definition) is 4. The van der Waals surface area contributed by atoms with E-state index in [0.29, 0.717) is 29.7 Å². The predicted octanol–water partition coefficient (Wildman–Crippen LogP) is 1.83. The molecule has 0 radical (unpaired) electrons. The van der Waals surface area contributed by atoms with E-state index >= 15 is 0 Å². The minimum absolute atomic E-state index is 0.143. The molecule has 0 aliphatic carbocycles. The van der Waals surface area contributed by atoms with E-state index in [0.717, 1.165) is 0 Å². The molecule has 25 heavy (non-hydrogen) atoms. The topological polar surface area (TPSA) is 103 Å². The summed E-state index contributed by atoms with van der Waals surface area (Å²) in [5, 5.41) is 0. The number of H-pyrrole nitrogens is 2. The van der Waals surface area contributed by atoms with Gasteiger partial charge >= 0.3 is 11.1 Å². The summed E-state index contributed by atoms with van der Waals surface area (Å²) in [7, 11) is -3.72. The van der Waals surface area contributed by atoms with E-state index in [9.17, 15) is 18.0 Å². The molecule has 1 aromatic carbocycles. The first-order valence-corrected chi connectivity index (χ1v) is 9.73. The molecule has 8 heteroatoms. The zero-order chi connectivity index (χ0) is 18.9. The lowest BCUT2D eigenvalue weighted by Crippen LogP contribution is -2.37. The Kier molecular flexibility index (Phi) is 5.53. The Morgan fingerprint density at radius 2 is 1.36 bits per heavy atom. The van der Waals surface area contributed by atoms with E-state index in [4.69, 9.17) is 0 Å². The van der Waals surface area contributed by atoms with Gasteiger partial charge in [0.25, 0.3) is 0 Å². The maximum absolute atomic E-state index is 13.2. The maximum Gasteiger partial charge on any atom is 0.314 e. The van der Waals surface area contributed by atoms with Crippen molar-refractivity contribution in [2.24, 2.45) is 11.8 Å². The molecule has 0 unspecified atom stereocenters. The zero-order valence-electron chi connectivity index (χ0n) is 15.2. The Bertz CT molecular complexity index is 977. The molecule has 0 aliphatic heterocycles. The lowest BCUT2D eigenvalue weighted by atomic mass is 10.2. The first-order valence-electron chi connectivity index (χ1n) is 8.29. The van der Waals surface area contributed by atoms with Gasteiger partial charge in [0.1, 0.15) is 0 Å². The second kappa shape index (κ2) is 7.13. The van der Waals surface area contributed by atoms with Crippen molar-refractivity contribution in [2.75, 3.05) is 13.1 Å². The summed E-state index contributed by atoms with van der Waals surface area (Å²) in [4.78, 5) is 28.0. The van der Waals surface area contributed by atoms with Crippen LogP contribution >= 0.6 is 0 Å². The second-order valence-corrected chi connectivity index (χ2v) is 9.09. The number of sulfonamides is 1. The zero-order valence-corrected chi connectivity index (χ0v) is 16.0. The fourth-order valence-electron chi connectivity index (χ4n) is 2.76. The molecule has 0 saturated carbocycles. The van der Waals surface area contributed by atoms with Crippen molar-refractivity contribution in [1.82, 2.24) is 14.3 Å². The van der Waals surface area contributed by atoms with Crippen molar-refractivity contribution in [3.05, 3.63) is 38.4 Å². The lowest BCUT2D eigenvalue weighted by molar-refractivity contribution is 0.333. The number of hydrogen-bond donors (Lipinski definition) is 2. The Morgan fingerprint density at radius 1 is 0.920 bits per heavy atom. The molecule has 2 aromatic rings. The average Bonchev–Trinajstić information content (AvgIpc) is 2.46. The third-order valence-corrected chi connectivity index (χ3v) is 5.75. The summed E-state index contributed by atoms with van der Waals surface area (Å²) >= 11 is 0. The molecule has 2 N–H and O–H groups in total. The van der Waals surface area contributed by atoms with Gasteiger partial charge in [-0.05, 0) is 36.5 Å². The number of aryl methyl sites for hydroxylation is 1. The predicted molar refractivity (Wildman–Crippen MR) is 98.4 cm³/mol. The van der Waals surface area contributed by atoms with E-state index in [1.165, 1.54) is 10.4 Å². The van der Waals surface area contributed by atoms with Gasteiger partial charge in [-0.3, -0.25) is 9.59 Å². The first-order chi connectivity index (χ1) is 11.5. The van der Waals surface area contributed by atoms with Crippen LogP contribution < -0.4 is 11.1 Å². The molecule has 2 rings (SSSR count). The summed E-state index contributed by atoms with van der Waals surface area (Å²) in [5.41, 5.74) is -0.347. The van der Waals surface area contributed by atoms with Gasteiger partial charge in [-0.25, -0.2) is 8.42 Å². The van der Waals surface area contributed by atoms with Crippen molar-refractivity contribution < 1.29 is 8.42 Å². The van der Waals surface area contributed by atoms with E-state index < -0.39 is 21.1 Å². The third-order valence-electron chi connectivity index (χ3n) is 3.77. The largest absolute Gasteiger partial charge is 0.316 e. The van der Waals surface area contributed by atoms with Gasteiger partial charge in [-0.15, -0.1) is 0 Å². The van der Waals surface area contributed by atoms with E-state index in [1.807, 2.05) is 27.7 Å². The Hall–Kier alpha value is -1.93. The fraction of sp³-hybridized carbons (Fsp3) is 0.529. The molecule has 0 bridgehead atoms. The summed E-state index contributed by atoms with van der Waals surface area (Å²) in [6.45, 7) is 10.4. The molecule has 0 saturated heterocycles. The highest BCUT2D eigenvalue weighted by atomic mass is 32.2. The Morgan fingerprint density at radius 3 is 1.80 bits per heavy atom. The van der Waals surface area contributed by atoms with Crippen LogP contribution in [0.5, 0.6) is 0 Å². The van der Waals surface area contributed by atoms with Crippen molar-refractivity contribution >= 4 is 21.1 Å². The number of benzene rings is 1. The third kappa shape index (κ3) is 4.19. The molecule has 1 aromatic heterocycles. The number of fused-ring (bicyclic) bond motifs is 1. The van der Waals surface area contributed by atoms with Gasteiger partial charge in [0.05, 0.1) is 15.9 Å². The fourth-order valence-corrected chi connectivity index (χ4v) is 4.75. The molecular formula is C17H25N3O4S. The van der Waals surface area contributed by atoms with Crippen LogP contribution in [-0.2, 0) is 10.0 Å². The molecular weight excluding hydrogens is 342 g/mol. The van der Waals surface area contributed by atoms with Gasteiger partial charge in [0, 0.05) is 13.1 Å². The molecule has 0 aliphatic rings. The lowest BCUT2D eigenvalue weighted by Gasteiger charge is -2.26. The second-order valence-electron chi connectivity index (χ2n) is 7.18. The average molecular weight is 367 g/mol. The van der Waals surface area contributed by atoms with Crippen molar-refractivity contribution in [3.8, 4) is 0 Å². The normalized spacial score (nSPS) is 12.6. The molecule has 0 amide bonds. The molecule has 0 spiro atoms. The van der Waals surface area contributed by atoms with Gasteiger partial charge in [0.15, 0.2) is 0 Å². The summed E-state index contributed by atoms with van der Waals surface area (Å²) < 4.78 is 27.8. The van der Waals surface area contributed by atoms with Gasteiger partial charge < -0.3 is 9.97 Å². The minimum atomic E-state index is -3.72. The van der Waals surface area contributed by atoms with Gasteiger partial charge in [-0.2, -0.15) is 4.31 Å². The van der Waals surface area contributed by atoms with Crippen LogP contribution in [0.2, 0.25) is 0 Å². The summed E-state index contributed by atoms with van der Waals surface area (Å²) in [6, 6.07) is 2.99. The van der Waals surface area contributed by atoms with Crippen LogP contribution in [0.3, 0.4) is 0 Å². The van der Waals surface area contributed by atoms with Crippen LogP contribution in [0.25, 0.3) is 11.0 Å². The molecule has 0 fully saturated rings. The van der Waals surface area contributed by atoms with Gasteiger partial charge in [0.2, 0.25) is 10.0 Å². The highest BCUT2D eigenvalue weighted by Gasteiger charge is 2.28. The maximum atomic E-state index is 13.2. The Labute approximate surface area is 147 Å². The van der Waals surface area contributed by atoms with Crippen LogP contribution in [0, 0.1) is 18.8 Å². The number of nitrogens with zero attached hydrogens (tertiary/aromatic N) is 1. The molecule has 0 atom stereocenters. The van der Waals surface area contributed by atoms with E-state index in [-0.39, 0.29) is 16.7 Å². The summed E-state index contributed by atoms with van der Waals surface area (Å²) in [6.07, 6.45) is 0. The number of rotatable bonds is 6. The monoisotopic (exact) mass is 367 g/mol. The quantitative estimate of drug-likeness (QED) is 0.760. The van der Waals surface area contributed by atoms with Crippen molar-refractivity contribution in [1.29, 1.82) is 0 Å². The number of aromatic nitrogens is 2. The van der Waals surface area contributed by atoms with E-state index in [1.54, 1.807) is 13.0 Å². The van der Waals surface area contributed by atoms with Crippen LogP contribution in [0.4, 0.5) is 0 Å². The van der Waals surface area contributed by atoms with Crippen LogP contribution in [0.1, 0.15) is 33.3 Å². The standard InChI is InChI=1S/C17H25N3O4S/c1-10(2)8-20(9-11(3)4)25(23,24)15-7-14-13(6-12(15)5)18-16(21)17(22)19-14/h6-7,10-11H,8-9H2,1-5H3,(H,18,21)(H,19,22). The van der Waals surface area contributed by atoms with Crippen molar-refractivity contribution in [2.45, 2.75) is 39.5 Å². The first kappa shape index (κ1) is 19.4. The SMILES string of the molecule is Cc1cc2[nH]c(=O)c(=O)[nH]c2cc1S(=O)(=O)N(CC(C)C)CC(C)C. The number of nitrogens with one attached hydrogen (secondary N) is 2. The Balaban J connectivity index is 2.64. The van der Waals surface area contributed by atoms with Crippen LogP contribution in [0.15, 0.2) is 26.6 Å². The highest BCUT2D eigenvalue weighted by molar-refractivity contribution is 7.89. The minimum Gasteiger partial charge on any atom is -0.316 e. The van der Waals surface area contributed by atoms with Gasteiger partial charge in [-0.1, -0.05) is 27.7 Å². The van der Waals surface area contributed by atoms with Crippen molar-refractivity contribution in [3.63, 3.8) is 0 Å².